The highest BCUT2D eigenvalue weighted by Crippen LogP contribution is 2.26. The van der Waals surface area contributed by atoms with Crippen LogP contribution in [0.4, 0.5) is 0 Å². The molecular formula is C10H8N4O2S. The molecule has 2 heterocycles. The van der Waals surface area contributed by atoms with Crippen LogP contribution in [0.5, 0.6) is 0 Å². The van der Waals surface area contributed by atoms with Crippen LogP contribution in [-0.2, 0) is 9.84 Å². The van der Waals surface area contributed by atoms with Crippen LogP contribution in [0.25, 0.3) is 11.0 Å². The predicted octanol–water partition coefficient (Wildman–Crippen LogP) is 0.272. The van der Waals surface area contributed by atoms with Gasteiger partial charge >= 0.3 is 0 Å². The van der Waals surface area contributed by atoms with Crippen molar-refractivity contribution in [2.24, 2.45) is 0 Å². The molecule has 86 valence electrons. The summed E-state index contributed by atoms with van der Waals surface area (Å²) in [5.74, 6) is 0.199. The molecule has 17 heavy (non-hydrogen) atoms. The Hall–Kier alpha value is -1.94. The molecule has 0 spiro atoms. The van der Waals surface area contributed by atoms with E-state index >= 15 is 0 Å². The zero-order valence-corrected chi connectivity index (χ0v) is 9.55. The first-order valence-electron chi connectivity index (χ1n) is 5.04. The second-order valence-electron chi connectivity index (χ2n) is 4.08. The number of aromatic nitrogens is 3. The number of nitrogens with zero attached hydrogens (tertiary/aromatic N) is 4. The molecule has 1 aromatic heterocycles. The molecule has 2 aromatic rings. The topological polar surface area (TPSA) is 88.6 Å². The van der Waals surface area contributed by atoms with Crippen molar-refractivity contribution in [1.29, 1.82) is 5.26 Å². The van der Waals surface area contributed by atoms with E-state index in [1.54, 1.807) is 22.9 Å². The molecule has 0 aliphatic carbocycles. The highest BCUT2D eigenvalue weighted by Gasteiger charge is 2.36. The molecule has 0 atom stereocenters. The Morgan fingerprint density at radius 3 is 2.82 bits per heavy atom. The summed E-state index contributed by atoms with van der Waals surface area (Å²) in [5.41, 5.74) is 1.90. The molecule has 0 amide bonds. The molecule has 0 N–H and O–H groups in total. The van der Waals surface area contributed by atoms with E-state index in [9.17, 15) is 8.42 Å². The van der Waals surface area contributed by atoms with E-state index in [2.05, 4.69) is 10.3 Å². The van der Waals surface area contributed by atoms with Gasteiger partial charge in [0, 0.05) is 0 Å². The summed E-state index contributed by atoms with van der Waals surface area (Å²) in [5, 5.41) is 16.7. The molecule has 0 bridgehead atoms. The van der Waals surface area contributed by atoms with Crippen molar-refractivity contribution in [2.75, 3.05) is 11.5 Å². The summed E-state index contributed by atoms with van der Waals surface area (Å²) < 4.78 is 23.9. The highest BCUT2D eigenvalue weighted by molar-refractivity contribution is 7.92. The number of hydrogen-bond acceptors (Lipinski definition) is 5. The number of nitriles is 1. The Labute approximate surface area is 97.4 Å². The van der Waals surface area contributed by atoms with Crippen molar-refractivity contribution in [1.82, 2.24) is 15.0 Å². The third-order valence-corrected chi connectivity index (χ3v) is 4.62. The molecule has 3 rings (SSSR count). The van der Waals surface area contributed by atoms with Crippen LogP contribution in [0, 0.1) is 11.3 Å². The Balaban J connectivity index is 2.09. The van der Waals surface area contributed by atoms with Gasteiger partial charge in [-0.2, -0.15) is 5.26 Å². The Bertz CT molecular complexity index is 729. The van der Waals surface area contributed by atoms with Gasteiger partial charge in [-0.3, -0.25) is 0 Å². The fraction of sp³-hybridized carbons (Fsp3) is 0.300. The van der Waals surface area contributed by atoms with E-state index in [0.29, 0.717) is 16.6 Å². The molecule has 0 unspecified atom stereocenters. The number of fused-ring (bicyclic) bond motifs is 1. The van der Waals surface area contributed by atoms with Gasteiger partial charge in [0.15, 0.2) is 9.84 Å². The minimum absolute atomic E-state index is 0.0994. The Morgan fingerprint density at radius 2 is 2.18 bits per heavy atom. The predicted molar refractivity (Wildman–Crippen MR) is 59.9 cm³/mol. The van der Waals surface area contributed by atoms with Gasteiger partial charge in [-0.1, -0.05) is 5.21 Å². The fourth-order valence-electron chi connectivity index (χ4n) is 1.95. The molecule has 7 heteroatoms. The maximum atomic E-state index is 11.1. The van der Waals surface area contributed by atoms with E-state index < -0.39 is 9.84 Å². The van der Waals surface area contributed by atoms with E-state index in [4.69, 9.17) is 5.26 Å². The van der Waals surface area contributed by atoms with Crippen LogP contribution in [0.3, 0.4) is 0 Å². The Kier molecular flexibility index (Phi) is 1.97. The molecular weight excluding hydrogens is 240 g/mol. The average Bonchev–Trinajstić information content (AvgIpc) is 2.67. The lowest BCUT2D eigenvalue weighted by Gasteiger charge is -2.25. The maximum absolute atomic E-state index is 11.1. The van der Waals surface area contributed by atoms with E-state index in [1.807, 2.05) is 6.07 Å². The molecule has 0 saturated carbocycles. The number of rotatable bonds is 1. The number of sulfone groups is 1. The zero-order chi connectivity index (χ0) is 12.0. The molecule has 0 radical (unpaired) electrons. The van der Waals surface area contributed by atoms with Gasteiger partial charge in [0.1, 0.15) is 5.52 Å². The van der Waals surface area contributed by atoms with Crippen molar-refractivity contribution in [3.63, 3.8) is 0 Å². The minimum atomic E-state index is -2.89. The van der Waals surface area contributed by atoms with Crippen molar-refractivity contribution in [3.8, 4) is 6.07 Å². The van der Waals surface area contributed by atoms with Gasteiger partial charge in [-0.25, -0.2) is 13.1 Å². The van der Waals surface area contributed by atoms with Crippen LogP contribution < -0.4 is 0 Å². The van der Waals surface area contributed by atoms with Crippen LogP contribution in [-0.4, -0.2) is 34.9 Å². The normalized spacial score (nSPS) is 18.8. The number of benzene rings is 1. The summed E-state index contributed by atoms with van der Waals surface area (Å²) in [6, 6.07) is 6.95. The first-order chi connectivity index (χ1) is 8.09. The van der Waals surface area contributed by atoms with E-state index in [-0.39, 0.29) is 17.5 Å². The lowest BCUT2D eigenvalue weighted by atomic mass is 10.2. The molecule has 1 aliphatic rings. The van der Waals surface area contributed by atoms with Crippen LogP contribution >= 0.6 is 0 Å². The SMILES string of the molecule is N#Cc1ccc2nnn(C3CS(=O)(=O)C3)c2c1. The highest BCUT2D eigenvalue weighted by atomic mass is 32.2. The average molecular weight is 248 g/mol. The molecule has 6 nitrogen and oxygen atoms in total. The van der Waals surface area contributed by atoms with E-state index in [1.165, 1.54) is 0 Å². The van der Waals surface area contributed by atoms with Crippen molar-refractivity contribution in [2.45, 2.75) is 6.04 Å². The van der Waals surface area contributed by atoms with Crippen LogP contribution in [0.15, 0.2) is 18.2 Å². The summed E-state index contributed by atoms with van der Waals surface area (Å²) in [4.78, 5) is 0. The first-order valence-corrected chi connectivity index (χ1v) is 6.87. The van der Waals surface area contributed by atoms with Crippen LogP contribution in [0.1, 0.15) is 11.6 Å². The summed E-state index contributed by atoms with van der Waals surface area (Å²) in [7, 11) is -2.89. The maximum Gasteiger partial charge on any atom is 0.154 e. The molecule has 1 aliphatic heterocycles. The van der Waals surface area contributed by atoms with Crippen molar-refractivity contribution < 1.29 is 8.42 Å². The molecule has 1 fully saturated rings. The summed E-state index contributed by atoms with van der Waals surface area (Å²) in [6.07, 6.45) is 0. The monoisotopic (exact) mass is 248 g/mol. The van der Waals surface area contributed by atoms with Gasteiger partial charge < -0.3 is 0 Å². The van der Waals surface area contributed by atoms with Gasteiger partial charge in [-0.05, 0) is 18.2 Å². The largest absolute Gasteiger partial charge is 0.239 e. The second kappa shape index (κ2) is 3.28. The lowest BCUT2D eigenvalue weighted by Crippen LogP contribution is -2.38. The van der Waals surface area contributed by atoms with Gasteiger partial charge in [0.25, 0.3) is 0 Å². The number of hydrogen-bond donors (Lipinski definition) is 0. The first kappa shape index (κ1) is 10.2. The summed E-state index contributed by atoms with van der Waals surface area (Å²) in [6.45, 7) is 0. The van der Waals surface area contributed by atoms with Crippen LogP contribution in [0.2, 0.25) is 0 Å². The second-order valence-corrected chi connectivity index (χ2v) is 6.23. The quantitative estimate of drug-likeness (QED) is 0.722. The third-order valence-electron chi connectivity index (χ3n) is 2.84. The Morgan fingerprint density at radius 1 is 1.41 bits per heavy atom. The van der Waals surface area contributed by atoms with Gasteiger partial charge in [0.2, 0.25) is 0 Å². The van der Waals surface area contributed by atoms with Gasteiger partial charge in [0.05, 0.1) is 34.7 Å². The summed E-state index contributed by atoms with van der Waals surface area (Å²) >= 11 is 0. The lowest BCUT2D eigenvalue weighted by molar-refractivity contribution is 0.474. The third kappa shape index (κ3) is 1.57. The molecule has 1 aromatic carbocycles. The van der Waals surface area contributed by atoms with Crippen molar-refractivity contribution >= 4 is 20.9 Å². The minimum Gasteiger partial charge on any atom is -0.239 e. The van der Waals surface area contributed by atoms with Crippen molar-refractivity contribution in [3.05, 3.63) is 23.8 Å². The van der Waals surface area contributed by atoms with E-state index in [0.717, 1.165) is 0 Å². The smallest absolute Gasteiger partial charge is 0.154 e. The fourth-order valence-corrected chi connectivity index (χ4v) is 3.31. The zero-order valence-electron chi connectivity index (χ0n) is 8.74. The standard InChI is InChI=1S/C10H8N4O2S/c11-4-7-1-2-9-10(3-7)14(13-12-9)8-5-17(15,16)6-8/h1-3,8H,5-6H2. The molecule has 1 saturated heterocycles. The van der Waals surface area contributed by atoms with Gasteiger partial charge in [-0.15, -0.1) is 5.10 Å².